The van der Waals surface area contributed by atoms with Crippen LogP contribution >= 0.6 is 11.6 Å². The standard InChI is InChI=1S/C16H15ClN4O3/c1-2-21(13-5-3-12(17)4-6-13)14(22)7-8-20-10-11(9-18)15(23)19-16(20)24/h3-6,10H,2,7-8H2,1H3,(H,19,23,24). The van der Waals surface area contributed by atoms with Crippen LogP contribution in [0.3, 0.4) is 0 Å². The molecule has 1 aromatic carbocycles. The first-order valence-electron chi connectivity index (χ1n) is 7.26. The molecule has 0 radical (unpaired) electrons. The molecule has 0 bridgehead atoms. The van der Waals surface area contributed by atoms with E-state index in [0.29, 0.717) is 17.3 Å². The van der Waals surface area contributed by atoms with Gasteiger partial charge in [0.25, 0.3) is 5.56 Å². The molecule has 0 aliphatic carbocycles. The average Bonchev–Trinajstić information content (AvgIpc) is 2.56. The van der Waals surface area contributed by atoms with Gasteiger partial charge in [0.05, 0.1) is 0 Å². The zero-order chi connectivity index (χ0) is 17.7. The molecule has 1 aromatic heterocycles. The molecule has 0 fully saturated rings. The first-order chi connectivity index (χ1) is 11.5. The smallest absolute Gasteiger partial charge is 0.313 e. The first-order valence-corrected chi connectivity index (χ1v) is 7.64. The van der Waals surface area contributed by atoms with Crippen molar-refractivity contribution in [2.45, 2.75) is 19.9 Å². The van der Waals surface area contributed by atoms with Gasteiger partial charge in [0.1, 0.15) is 11.6 Å². The molecule has 0 saturated heterocycles. The predicted molar refractivity (Wildman–Crippen MR) is 90.1 cm³/mol. The third-order valence-electron chi connectivity index (χ3n) is 3.45. The van der Waals surface area contributed by atoms with Crippen LogP contribution in [0.2, 0.25) is 5.02 Å². The molecule has 1 N–H and O–H groups in total. The molecule has 0 saturated carbocycles. The van der Waals surface area contributed by atoms with Gasteiger partial charge in [-0.05, 0) is 31.2 Å². The molecule has 1 amide bonds. The molecular weight excluding hydrogens is 332 g/mol. The number of aromatic amines is 1. The fraction of sp³-hybridized carbons (Fsp3) is 0.250. The molecule has 0 unspecified atom stereocenters. The number of aryl methyl sites for hydroxylation is 1. The second-order valence-corrected chi connectivity index (χ2v) is 5.41. The fourth-order valence-electron chi connectivity index (χ4n) is 2.23. The van der Waals surface area contributed by atoms with Crippen molar-refractivity contribution in [1.82, 2.24) is 9.55 Å². The summed E-state index contributed by atoms with van der Waals surface area (Å²) in [7, 11) is 0. The molecule has 124 valence electrons. The average molecular weight is 347 g/mol. The Morgan fingerprint density at radius 3 is 2.58 bits per heavy atom. The summed E-state index contributed by atoms with van der Waals surface area (Å²) >= 11 is 5.84. The largest absolute Gasteiger partial charge is 0.328 e. The molecule has 0 aliphatic rings. The normalized spacial score (nSPS) is 10.2. The number of halogens is 1. The van der Waals surface area contributed by atoms with Crippen molar-refractivity contribution in [1.29, 1.82) is 5.26 Å². The Morgan fingerprint density at radius 1 is 1.33 bits per heavy atom. The number of carbonyl (C=O) groups excluding carboxylic acids is 1. The van der Waals surface area contributed by atoms with Crippen molar-refractivity contribution in [3.8, 4) is 6.07 Å². The minimum atomic E-state index is -0.735. The van der Waals surface area contributed by atoms with Gasteiger partial charge in [0.2, 0.25) is 5.91 Å². The van der Waals surface area contributed by atoms with E-state index in [1.807, 2.05) is 6.92 Å². The molecule has 8 heteroatoms. The number of hydrogen-bond acceptors (Lipinski definition) is 4. The Morgan fingerprint density at radius 2 is 2.00 bits per heavy atom. The highest BCUT2D eigenvalue weighted by Gasteiger charge is 2.14. The van der Waals surface area contributed by atoms with E-state index in [1.165, 1.54) is 0 Å². The Hall–Kier alpha value is -2.85. The number of rotatable bonds is 5. The molecule has 7 nitrogen and oxygen atoms in total. The van der Waals surface area contributed by atoms with Crippen molar-refractivity contribution in [2.75, 3.05) is 11.4 Å². The van der Waals surface area contributed by atoms with Crippen LogP contribution in [0.4, 0.5) is 5.69 Å². The number of anilines is 1. The highest BCUT2D eigenvalue weighted by Crippen LogP contribution is 2.18. The van der Waals surface area contributed by atoms with Gasteiger partial charge in [-0.1, -0.05) is 11.6 Å². The van der Waals surface area contributed by atoms with Crippen molar-refractivity contribution < 1.29 is 4.79 Å². The second-order valence-electron chi connectivity index (χ2n) is 4.97. The molecule has 0 aliphatic heterocycles. The highest BCUT2D eigenvalue weighted by atomic mass is 35.5. The molecule has 2 rings (SSSR count). The van der Waals surface area contributed by atoms with Crippen molar-refractivity contribution in [3.63, 3.8) is 0 Å². The van der Waals surface area contributed by atoms with E-state index < -0.39 is 11.2 Å². The number of amides is 1. The molecule has 24 heavy (non-hydrogen) atoms. The fourth-order valence-corrected chi connectivity index (χ4v) is 2.36. The zero-order valence-electron chi connectivity index (χ0n) is 13.0. The van der Waals surface area contributed by atoms with E-state index >= 15 is 0 Å². The summed E-state index contributed by atoms with van der Waals surface area (Å²) in [6.07, 6.45) is 1.21. The number of hydrogen-bond donors (Lipinski definition) is 1. The molecule has 2 aromatic rings. The molecule has 0 spiro atoms. The number of benzene rings is 1. The maximum atomic E-state index is 12.4. The number of nitrogens with zero attached hydrogens (tertiary/aromatic N) is 3. The summed E-state index contributed by atoms with van der Waals surface area (Å²) in [5.74, 6) is -0.184. The Labute approximate surface area is 142 Å². The lowest BCUT2D eigenvalue weighted by molar-refractivity contribution is -0.118. The molecule has 0 atom stereocenters. The summed E-state index contributed by atoms with van der Waals surface area (Å²) in [6, 6.07) is 8.57. The predicted octanol–water partition coefficient (Wildman–Crippen LogP) is 1.50. The zero-order valence-corrected chi connectivity index (χ0v) is 13.7. The maximum Gasteiger partial charge on any atom is 0.328 e. The minimum Gasteiger partial charge on any atom is -0.313 e. The van der Waals surface area contributed by atoms with Gasteiger partial charge in [-0.25, -0.2) is 4.79 Å². The summed E-state index contributed by atoms with van der Waals surface area (Å²) < 4.78 is 1.15. The number of aromatic nitrogens is 2. The number of nitrogens with one attached hydrogen (secondary N) is 1. The van der Waals surface area contributed by atoms with E-state index in [0.717, 1.165) is 10.8 Å². The Kier molecular flexibility index (Phi) is 5.55. The van der Waals surface area contributed by atoms with E-state index in [2.05, 4.69) is 4.98 Å². The van der Waals surface area contributed by atoms with Gasteiger partial charge in [0, 0.05) is 36.4 Å². The van der Waals surface area contributed by atoms with Gasteiger partial charge in [-0.2, -0.15) is 5.26 Å². The van der Waals surface area contributed by atoms with Gasteiger partial charge in [0.15, 0.2) is 0 Å². The third-order valence-corrected chi connectivity index (χ3v) is 3.71. The van der Waals surface area contributed by atoms with Gasteiger partial charge < -0.3 is 4.90 Å². The van der Waals surface area contributed by atoms with Crippen LogP contribution in [-0.4, -0.2) is 22.0 Å². The van der Waals surface area contributed by atoms with Gasteiger partial charge >= 0.3 is 5.69 Å². The SMILES string of the molecule is CCN(C(=O)CCn1cc(C#N)c(=O)[nH]c1=O)c1ccc(Cl)cc1. The maximum absolute atomic E-state index is 12.4. The monoisotopic (exact) mass is 346 g/mol. The van der Waals surface area contributed by atoms with Crippen LogP contribution in [0, 0.1) is 11.3 Å². The van der Waals surface area contributed by atoms with Crippen molar-refractivity contribution in [2.24, 2.45) is 0 Å². The second kappa shape index (κ2) is 7.62. The van der Waals surface area contributed by atoms with Gasteiger partial charge in [-0.15, -0.1) is 0 Å². The van der Waals surface area contributed by atoms with Crippen LogP contribution in [0.25, 0.3) is 0 Å². The quantitative estimate of drug-likeness (QED) is 0.886. The van der Waals surface area contributed by atoms with Crippen LogP contribution in [0.1, 0.15) is 18.9 Å². The van der Waals surface area contributed by atoms with Crippen LogP contribution in [0.15, 0.2) is 40.1 Å². The van der Waals surface area contributed by atoms with E-state index in [-0.39, 0.29) is 24.4 Å². The number of carbonyl (C=O) groups is 1. The van der Waals surface area contributed by atoms with Gasteiger partial charge in [-0.3, -0.25) is 19.1 Å². The van der Waals surface area contributed by atoms with Crippen LogP contribution in [-0.2, 0) is 11.3 Å². The van der Waals surface area contributed by atoms with Crippen molar-refractivity contribution >= 4 is 23.2 Å². The molecular formula is C16H15ClN4O3. The highest BCUT2D eigenvalue weighted by molar-refractivity contribution is 6.30. The third kappa shape index (κ3) is 3.91. The summed E-state index contributed by atoms with van der Waals surface area (Å²) in [4.78, 5) is 39.1. The number of H-pyrrole nitrogens is 1. The summed E-state index contributed by atoms with van der Waals surface area (Å²) in [5.41, 5.74) is -0.853. The van der Waals surface area contributed by atoms with Crippen LogP contribution < -0.4 is 16.1 Å². The lowest BCUT2D eigenvalue weighted by atomic mass is 10.2. The van der Waals surface area contributed by atoms with Crippen LogP contribution in [0.5, 0.6) is 0 Å². The summed E-state index contributed by atoms with van der Waals surface area (Å²) in [6.45, 7) is 2.37. The van der Waals surface area contributed by atoms with E-state index in [4.69, 9.17) is 16.9 Å². The van der Waals surface area contributed by atoms with Crippen molar-refractivity contribution in [3.05, 3.63) is 61.9 Å². The summed E-state index contributed by atoms with van der Waals surface area (Å²) in [5, 5.41) is 9.41. The topological polar surface area (TPSA) is 99.0 Å². The molecule has 1 heterocycles. The van der Waals surface area contributed by atoms with E-state index in [1.54, 1.807) is 35.2 Å². The lowest BCUT2D eigenvalue weighted by Crippen LogP contribution is -2.35. The van der Waals surface area contributed by atoms with E-state index in [9.17, 15) is 14.4 Å². The number of nitriles is 1. The lowest BCUT2D eigenvalue weighted by Gasteiger charge is -2.21. The minimum absolute atomic E-state index is 0.0489. The Bertz CT molecular complexity index is 893. The Balaban J connectivity index is 2.15. The first kappa shape index (κ1) is 17.5.